The zero-order valence-corrected chi connectivity index (χ0v) is 14.2. The molecular weight excluding hydrogens is 314 g/mol. The average molecular weight is 333 g/mol. The number of nitrogens with zero attached hydrogens (tertiary/aromatic N) is 2. The van der Waals surface area contributed by atoms with Crippen LogP contribution in [0.2, 0.25) is 0 Å². The number of carbonyl (C=O) groups excluding carboxylic acids is 1. The summed E-state index contributed by atoms with van der Waals surface area (Å²) in [6, 6.07) is 17.7. The van der Waals surface area contributed by atoms with Gasteiger partial charge in [-0.2, -0.15) is 0 Å². The predicted molar refractivity (Wildman–Crippen MR) is 96.6 cm³/mol. The number of nitrogens with one attached hydrogen (secondary N) is 1. The lowest BCUT2D eigenvalue weighted by molar-refractivity contribution is 0.0705. The van der Waals surface area contributed by atoms with Gasteiger partial charge in [0.15, 0.2) is 0 Å². The van der Waals surface area contributed by atoms with E-state index in [2.05, 4.69) is 24.8 Å². The minimum Gasteiger partial charge on any atom is -0.343 e. The lowest BCUT2D eigenvalue weighted by Crippen LogP contribution is -2.35. The maximum absolute atomic E-state index is 12.0. The Balaban J connectivity index is 1.82. The second kappa shape index (κ2) is 5.57. The molecule has 1 aliphatic rings. The van der Waals surface area contributed by atoms with Gasteiger partial charge >= 0.3 is 0 Å². The molecular formula is C20H19N3O2. The van der Waals surface area contributed by atoms with E-state index in [9.17, 15) is 4.79 Å². The molecule has 0 bridgehead atoms. The first kappa shape index (κ1) is 15.6. The van der Waals surface area contributed by atoms with Crippen LogP contribution in [0.5, 0.6) is 0 Å². The van der Waals surface area contributed by atoms with Crippen LogP contribution < -0.4 is 10.4 Å². The molecule has 1 aromatic heterocycles. The fraction of sp³-hybridized carbons (Fsp3) is 0.200. The third-order valence-electron chi connectivity index (χ3n) is 5.03. The van der Waals surface area contributed by atoms with Gasteiger partial charge in [-0.25, -0.2) is 10.5 Å². The average Bonchev–Trinajstić information content (AvgIpc) is 2.91. The van der Waals surface area contributed by atoms with Crippen molar-refractivity contribution in [2.24, 2.45) is 0 Å². The van der Waals surface area contributed by atoms with Crippen LogP contribution in [-0.4, -0.2) is 16.1 Å². The Hall–Kier alpha value is -2.92. The molecule has 1 aliphatic heterocycles. The summed E-state index contributed by atoms with van der Waals surface area (Å²) in [6.07, 6.45) is 0. The van der Waals surface area contributed by atoms with Crippen molar-refractivity contribution in [2.45, 2.75) is 25.9 Å². The van der Waals surface area contributed by atoms with Gasteiger partial charge in [0.05, 0.1) is 11.1 Å². The summed E-state index contributed by atoms with van der Waals surface area (Å²) in [4.78, 5) is 19.0. The summed E-state index contributed by atoms with van der Waals surface area (Å²) < 4.78 is 0. The molecule has 2 N–H and O–H groups in total. The van der Waals surface area contributed by atoms with Crippen LogP contribution in [0.1, 0.15) is 35.3 Å². The molecule has 126 valence electrons. The number of hydroxylamine groups is 1. The fourth-order valence-corrected chi connectivity index (χ4v) is 3.68. The van der Waals surface area contributed by atoms with Gasteiger partial charge in [0.1, 0.15) is 5.82 Å². The highest BCUT2D eigenvalue weighted by Crippen LogP contribution is 2.42. The van der Waals surface area contributed by atoms with Gasteiger partial charge in [-0.3, -0.25) is 10.0 Å². The molecule has 0 saturated heterocycles. The molecule has 25 heavy (non-hydrogen) atoms. The minimum absolute atomic E-state index is 0.309. The third kappa shape index (κ3) is 2.36. The number of benzene rings is 2. The number of para-hydroxylation sites is 1. The SMILES string of the molecule is CC1(C)c2cccc(C(=O)NO)c2CN1c1ccc2ccccc2n1. The highest BCUT2D eigenvalue weighted by molar-refractivity contribution is 5.95. The smallest absolute Gasteiger partial charge is 0.274 e. The van der Waals surface area contributed by atoms with Gasteiger partial charge in [0, 0.05) is 17.5 Å². The number of hydrogen-bond donors (Lipinski definition) is 2. The molecule has 2 heterocycles. The van der Waals surface area contributed by atoms with Gasteiger partial charge in [0.25, 0.3) is 5.91 Å². The first-order valence-electron chi connectivity index (χ1n) is 8.22. The predicted octanol–water partition coefficient (Wildman–Crippen LogP) is 3.61. The number of rotatable bonds is 2. The number of anilines is 1. The standard InChI is InChI=1S/C20H19N3O2/c1-20(2)16-8-5-7-14(19(24)22-25)15(16)12-23(20)18-11-10-13-6-3-4-9-17(13)21-18/h3-11,25H,12H2,1-2H3,(H,22,24). The van der Waals surface area contributed by atoms with Crippen LogP contribution in [0.4, 0.5) is 5.82 Å². The van der Waals surface area contributed by atoms with Crippen molar-refractivity contribution in [1.82, 2.24) is 10.5 Å². The third-order valence-corrected chi connectivity index (χ3v) is 5.03. The summed E-state index contributed by atoms with van der Waals surface area (Å²) in [5.41, 5.74) is 4.87. The molecule has 2 aromatic carbocycles. The minimum atomic E-state index is -0.485. The second-order valence-corrected chi connectivity index (χ2v) is 6.78. The lowest BCUT2D eigenvalue weighted by atomic mass is 9.91. The van der Waals surface area contributed by atoms with Gasteiger partial charge < -0.3 is 4.90 Å². The topological polar surface area (TPSA) is 65.5 Å². The Kier molecular flexibility index (Phi) is 3.47. The normalized spacial score (nSPS) is 15.2. The van der Waals surface area contributed by atoms with Crippen molar-refractivity contribution in [3.8, 4) is 0 Å². The summed E-state index contributed by atoms with van der Waals surface area (Å²) in [5, 5.41) is 10.1. The molecule has 5 nitrogen and oxygen atoms in total. The van der Waals surface area contributed by atoms with E-state index in [1.54, 1.807) is 11.5 Å². The van der Waals surface area contributed by atoms with E-state index in [-0.39, 0.29) is 5.54 Å². The zero-order chi connectivity index (χ0) is 17.6. The largest absolute Gasteiger partial charge is 0.343 e. The molecule has 5 heteroatoms. The highest BCUT2D eigenvalue weighted by Gasteiger charge is 2.39. The molecule has 3 aromatic rings. The van der Waals surface area contributed by atoms with Crippen LogP contribution in [0.25, 0.3) is 10.9 Å². The maximum atomic E-state index is 12.0. The van der Waals surface area contributed by atoms with Crippen LogP contribution >= 0.6 is 0 Å². The number of pyridine rings is 1. The van der Waals surface area contributed by atoms with Crippen molar-refractivity contribution in [3.05, 3.63) is 71.3 Å². The van der Waals surface area contributed by atoms with Crippen molar-refractivity contribution in [1.29, 1.82) is 0 Å². The van der Waals surface area contributed by atoms with E-state index in [0.717, 1.165) is 27.8 Å². The Labute approximate surface area is 145 Å². The van der Waals surface area contributed by atoms with E-state index in [0.29, 0.717) is 12.1 Å². The number of hydrogen-bond acceptors (Lipinski definition) is 4. The van der Waals surface area contributed by atoms with Gasteiger partial charge in [-0.1, -0.05) is 30.3 Å². The Morgan fingerprint density at radius 2 is 1.92 bits per heavy atom. The highest BCUT2D eigenvalue weighted by atomic mass is 16.5. The van der Waals surface area contributed by atoms with Crippen LogP contribution in [0, 0.1) is 0 Å². The molecule has 1 amide bonds. The lowest BCUT2D eigenvalue weighted by Gasteiger charge is -2.33. The van der Waals surface area contributed by atoms with Crippen molar-refractivity contribution < 1.29 is 10.0 Å². The molecule has 0 aliphatic carbocycles. The van der Waals surface area contributed by atoms with Crippen LogP contribution in [0.3, 0.4) is 0 Å². The summed E-state index contributed by atoms with van der Waals surface area (Å²) >= 11 is 0. The van der Waals surface area contributed by atoms with Gasteiger partial charge in [-0.15, -0.1) is 0 Å². The van der Waals surface area contributed by atoms with E-state index in [1.807, 2.05) is 42.5 Å². The summed E-state index contributed by atoms with van der Waals surface area (Å²) in [6.45, 7) is 4.81. The van der Waals surface area contributed by atoms with Gasteiger partial charge in [0.2, 0.25) is 0 Å². The zero-order valence-electron chi connectivity index (χ0n) is 14.2. The molecule has 0 saturated carbocycles. The summed E-state index contributed by atoms with van der Waals surface area (Å²) in [5.74, 6) is 0.385. The van der Waals surface area contributed by atoms with E-state index < -0.39 is 5.91 Å². The Bertz CT molecular complexity index is 982. The van der Waals surface area contributed by atoms with Crippen LogP contribution in [0.15, 0.2) is 54.6 Å². The summed E-state index contributed by atoms with van der Waals surface area (Å²) in [7, 11) is 0. The quantitative estimate of drug-likeness (QED) is 0.555. The molecule has 0 atom stereocenters. The molecule has 4 rings (SSSR count). The number of aromatic nitrogens is 1. The first-order valence-corrected chi connectivity index (χ1v) is 8.22. The monoisotopic (exact) mass is 333 g/mol. The Morgan fingerprint density at radius 3 is 2.72 bits per heavy atom. The van der Waals surface area contributed by atoms with Crippen molar-refractivity contribution >= 4 is 22.6 Å². The number of carbonyl (C=O) groups is 1. The molecule has 0 spiro atoms. The first-order chi connectivity index (χ1) is 12.0. The molecule has 0 fully saturated rings. The van der Waals surface area contributed by atoms with Crippen molar-refractivity contribution in [3.63, 3.8) is 0 Å². The van der Waals surface area contributed by atoms with Crippen LogP contribution in [-0.2, 0) is 12.1 Å². The Morgan fingerprint density at radius 1 is 1.12 bits per heavy atom. The molecule has 0 radical (unpaired) electrons. The van der Waals surface area contributed by atoms with E-state index in [4.69, 9.17) is 10.2 Å². The molecule has 0 unspecified atom stereocenters. The van der Waals surface area contributed by atoms with E-state index >= 15 is 0 Å². The van der Waals surface area contributed by atoms with Gasteiger partial charge in [-0.05, 0) is 49.2 Å². The fourth-order valence-electron chi connectivity index (χ4n) is 3.68. The number of fused-ring (bicyclic) bond motifs is 2. The second-order valence-electron chi connectivity index (χ2n) is 6.78. The van der Waals surface area contributed by atoms with Crippen molar-refractivity contribution in [2.75, 3.05) is 4.90 Å². The van der Waals surface area contributed by atoms with E-state index in [1.165, 1.54) is 0 Å². The maximum Gasteiger partial charge on any atom is 0.274 e. The number of amides is 1.